The largest absolute Gasteiger partial charge is 0.345 e. The molecule has 0 amide bonds. The summed E-state index contributed by atoms with van der Waals surface area (Å²) >= 11 is 2.95. The molecule has 5 nitrogen and oxygen atoms in total. The van der Waals surface area contributed by atoms with E-state index in [-0.39, 0.29) is 0 Å². The van der Waals surface area contributed by atoms with Gasteiger partial charge in [0.05, 0.1) is 5.69 Å². The molecule has 0 spiro atoms. The van der Waals surface area contributed by atoms with Crippen LogP contribution in [-0.4, -0.2) is 43.9 Å². The molecule has 3 heterocycles. The first-order valence-electron chi connectivity index (χ1n) is 6.71. The first-order valence-corrected chi connectivity index (χ1v) is 9.85. The Labute approximate surface area is 132 Å². The van der Waals surface area contributed by atoms with Gasteiger partial charge in [0.2, 0.25) is 0 Å². The van der Waals surface area contributed by atoms with Crippen molar-refractivity contribution in [2.45, 2.75) is 18.1 Å². The summed E-state index contributed by atoms with van der Waals surface area (Å²) in [4.78, 5) is 7.94. The standard InChI is InChI=1S/C13H17N3O2S3/c1-10-11(2)20-13(14-10)15-5-7-16(8-6-15)21(17,18)12-4-3-9-19-12/h3-4,9H,5-8H2,1-2H3. The number of thiazole rings is 1. The molecule has 3 rings (SSSR count). The van der Waals surface area contributed by atoms with Crippen molar-refractivity contribution in [2.75, 3.05) is 31.1 Å². The highest BCUT2D eigenvalue weighted by atomic mass is 32.2. The first-order chi connectivity index (χ1) is 9.98. The van der Waals surface area contributed by atoms with Crippen molar-refractivity contribution in [3.05, 3.63) is 28.1 Å². The summed E-state index contributed by atoms with van der Waals surface area (Å²) in [5.41, 5.74) is 1.06. The van der Waals surface area contributed by atoms with Crippen LogP contribution in [0.2, 0.25) is 0 Å². The van der Waals surface area contributed by atoms with Crippen LogP contribution >= 0.6 is 22.7 Å². The van der Waals surface area contributed by atoms with Crippen LogP contribution in [0.3, 0.4) is 0 Å². The lowest BCUT2D eigenvalue weighted by molar-refractivity contribution is 0.385. The van der Waals surface area contributed by atoms with E-state index in [1.54, 1.807) is 33.2 Å². The average molecular weight is 343 g/mol. The zero-order valence-corrected chi connectivity index (χ0v) is 14.4. The third-order valence-corrected chi connectivity index (χ3v) is 8.02. The summed E-state index contributed by atoms with van der Waals surface area (Å²) in [5, 5.41) is 2.79. The fourth-order valence-corrected chi connectivity index (χ4v) is 5.78. The molecule has 0 radical (unpaired) electrons. The lowest BCUT2D eigenvalue weighted by Crippen LogP contribution is -2.48. The van der Waals surface area contributed by atoms with Gasteiger partial charge in [0, 0.05) is 31.1 Å². The van der Waals surface area contributed by atoms with Crippen LogP contribution in [0, 0.1) is 13.8 Å². The van der Waals surface area contributed by atoms with Crippen LogP contribution in [0.5, 0.6) is 0 Å². The Kier molecular flexibility index (Phi) is 4.04. The van der Waals surface area contributed by atoms with E-state index in [9.17, 15) is 8.42 Å². The van der Waals surface area contributed by atoms with Crippen molar-refractivity contribution in [2.24, 2.45) is 0 Å². The molecule has 21 heavy (non-hydrogen) atoms. The van der Waals surface area contributed by atoms with Crippen molar-refractivity contribution in [3.8, 4) is 0 Å². The molecule has 0 atom stereocenters. The van der Waals surface area contributed by atoms with Gasteiger partial charge in [-0.1, -0.05) is 6.07 Å². The van der Waals surface area contributed by atoms with Crippen molar-refractivity contribution in [1.82, 2.24) is 9.29 Å². The summed E-state index contributed by atoms with van der Waals surface area (Å²) in [6.45, 7) is 6.48. The predicted octanol–water partition coefficient (Wildman–Crippen LogP) is 2.33. The van der Waals surface area contributed by atoms with Crippen molar-refractivity contribution < 1.29 is 8.42 Å². The van der Waals surface area contributed by atoms with Gasteiger partial charge in [0.15, 0.2) is 5.13 Å². The fraction of sp³-hybridized carbons (Fsp3) is 0.462. The van der Waals surface area contributed by atoms with Gasteiger partial charge < -0.3 is 4.90 Å². The van der Waals surface area contributed by atoms with Crippen LogP contribution in [-0.2, 0) is 10.0 Å². The van der Waals surface area contributed by atoms with E-state index in [1.807, 2.05) is 6.92 Å². The second-order valence-corrected chi connectivity index (χ2v) is 9.26. The maximum Gasteiger partial charge on any atom is 0.252 e. The number of nitrogens with zero attached hydrogens (tertiary/aromatic N) is 3. The molecule has 0 bridgehead atoms. The summed E-state index contributed by atoms with van der Waals surface area (Å²) in [6, 6.07) is 3.44. The van der Waals surface area contributed by atoms with Crippen LogP contribution < -0.4 is 4.90 Å². The number of sulfonamides is 1. The Hall–Kier alpha value is -0.960. The zero-order valence-electron chi connectivity index (χ0n) is 11.9. The Morgan fingerprint density at radius 2 is 1.90 bits per heavy atom. The van der Waals surface area contributed by atoms with E-state index in [2.05, 4.69) is 16.8 Å². The number of thiophene rings is 1. The zero-order chi connectivity index (χ0) is 15.0. The SMILES string of the molecule is Cc1nc(N2CCN(S(=O)(=O)c3cccs3)CC2)sc1C. The smallest absolute Gasteiger partial charge is 0.252 e. The number of aromatic nitrogens is 1. The fourth-order valence-electron chi connectivity index (χ4n) is 2.25. The molecule has 114 valence electrons. The van der Waals surface area contributed by atoms with E-state index < -0.39 is 10.0 Å². The first kappa shape index (κ1) is 15.0. The number of anilines is 1. The van der Waals surface area contributed by atoms with E-state index in [1.165, 1.54) is 16.2 Å². The number of hydrogen-bond acceptors (Lipinski definition) is 6. The maximum atomic E-state index is 12.5. The van der Waals surface area contributed by atoms with Crippen LogP contribution in [0.4, 0.5) is 5.13 Å². The molecule has 1 saturated heterocycles. The summed E-state index contributed by atoms with van der Waals surface area (Å²) < 4.78 is 26.9. The maximum absolute atomic E-state index is 12.5. The van der Waals surface area contributed by atoms with Gasteiger partial charge in [0.1, 0.15) is 4.21 Å². The Morgan fingerprint density at radius 3 is 2.43 bits per heavy atom. The topological polar surface area (TPSA) is 53.5 Å². The molecule has 0 N–H and O–H groups in total. The van der Waals surface area contributed by atoms with E-state index >= 15 is 0 Å². The quantitative estimate of drug-likeness (QED) is 0.858. The van der Waals surface area contributed by atoms with Gasteiger partial charge in [-0.2, -0.15) is 4.31 Å². The second kappa shape index (κ2) is 5.68. The molecule has 1 fully saturated rings. The van der Waals surface area contributed by atoms with Crippen molar-refractivity contribution >= 4 is 37.8 Å². The minimum absolute atomic E-state index is 0.428. The summed E-state index contributed by atoms with van der Waals surface area (Å²) in [7, 11) is -3.32. The predicted molar refractivity (Wildman–Crippen MR) is 86.9 cm³/mol. The third kappa shape index (κ3) is 2.85. The van der Waals surface area contributed by atoms with Crippen LogP contribution in [0.25, 0.3) is 0 Å². The van der Waals surface area contributed by atoms with Crippen molar-refractivity contribution in [3.63, 3.8) is 0 Å². The number of aryl methyl sites for hydroxylation is 2. The number of rotatable bonds is 3. The minimum atomic E-state index is -3.32. The highest BCUT2D eigenvalue weighted by Crippen LogP contribution is 2.27. The molecule has 0 saturated carbocycles. The summed E-state index contributed by atoms with van der Waals surface area (Å²) in [6.07, 6.45) is 0. The third-order valence-electron chi connectivity index (χ3n) is 3.62. The van der Waals surface area contributed by atoms with Gasteiger partial charge in [-0.3, -0.25) is 0 Å². The molecular weight excluding hydrogens is 326 g/mol. The molecule has 0 unspecified atom stereocenters. The minimum Gasteiger partial charge on any atom is -0.345 e. The lowest BCUT2D eigenvalue weighted by atomic mass is 10.4. The van der Waals surface area contributed by atoms with E-state index in [4.69, 9.17) is 0 Å². The molecule has 0 aliphatic carbocycles. The molecule has 8 heteroatoms. The van der Waals surface area contributed by atoms with E-state index in [0.717, 1.165) is 10.8 Å². The summed E-state index contributed by atoms with van der Waals surface area (Å²) in [5.74, 6) is 0. The number of hydrogen-bond donors (Lipinski definition) is 0. The molecule has 2 aromatic rings. The normalized spacial score (nSPS) is 17.3. The van der Waals surface area contributed by atoms with Crippen LogP contribution in [0.1, 0.15) is 10.6 Å². The Morgan fingerprint density at radius 1 is 1.19 bits per heavy atom. The van der Waals surface area contributed by atoms with Gasteiger partial charge in [-0.05, 0) is 25.3 Å². The molecule has 0 aromatic carbocycles. The average Bonchev–Trinajstić information content (AvgIpc) is 3.10. The van der Waals surface area contributed by atoms with E-state index in [0.29, 0.717) is 30.4 Å². The molecule has 2 aromatic heterocycles. The lowest BCUT2D eigenvalue weighted by Gasteiger charge is -2.33. The Bertz CT molecular complexity index is 694. The molecule has 1 aliphatic rings. The Balaban J connectivity index is 1.71. The molecular formula is C13H17N3O2S3. The van der Waals surface area contributed by atoms with Gasteiger partial charge >= 0.3 is 0 Å². The second-order valence-electron chi connectivity index (χ2n) is 4.96. The number of piperazine rings is 1. The van der Waals surface area contributed by atoms with Crippen LogP contribution in [0.15, 0.2) is 21.7 Å². The van der Waals surface area contributed by atoms with Gasteiger partial charge in [0.25, 0.3) is 10.0 Å². The highest BCUT2D eigenvalue weighted by molar-refractivity contribution is 7.91. The monoisotopic (exact) mass is 343 g/mol. The van der Waals surface area contributed by atoms with Gasteiger partial charge in [-0.25, -0.2) is 13.4 Å². The van der Waals surface area contributed by atoms with Gasteiger partial charge in [-0.15, -0.1) is 22.7 Å². The van der Waals surface area contributed by atoms with Crippen molar-refractivity contribution in [1.29, 1.82) is 0 Å². The molecule has 1 aliphatic heterocycles. The highest BCUT2D eigenvalue weighted by Gasteiger charge is 2.30.